The number of aromatic nitrogens is 1. The summed E-state index contributed by atoms with van der Waals surface area (Å²) in [6.45, 7) is 1.46. The Morgan fingerprint density at radius 3 is 2.69 bits per heavy atom. The van der Waals surface area contributed by atoms with Crippen molar-refractivity contribution in [2.75, 3.05) is 13.1 Å². The lowest BCUT2D eigenvalue weighted by atomic mass is 10.2. The second-order valence-corrected chi connectivity index (χ2v) is 3.81. The smallest absolute Gasteiger partial charge is 0.326 e. The zero-order valence-corrected chi connectivity index (χ0v) is 8.55. The Hall–Kier alpha value is -2.04. The van der Waals surface area contributed by atoms with Gasteiger partial charge in [-0.2, -0.15) is 0 Å². The largest absolute Gasteiger partial charge is 0.366 e. The number of amides is 1. The molecule has 1 amide bonds. The normalized spacial score (nSPS) is 15.1. The maximum absolute atomic E-state index is 11.9. The highest BCUT2D eigenvalue weighted by atomic mass is 16.5. The van der Waals surface area contributed by atoms with Gasteiger partial charge in [0.15, 0.2) is 0 Å². The second kappa shape index (κ2) is 3.23. The van der Waals surface area contributed by atoms with Gasteiger partial charge in [-0.15, -0.1) is 4.74 Å². The average molecular weight is 218 g/mol. The molecule has 2 heterocycles. The summed E-state index contributed by atoms with van der Waals surface area (Å²) in [5.41, 5.74) is 0.0638. The van der Waals surface area contributed by atoms with E-state index in [1.165, 1.54) is 0 Å². The van der Waals surface area contributed by atoms with Crippen molar-refractivity contribution in [3.63, 3.8) is 0 Å². The van der Waals surface area contributed by atoms with E-state index in [1.807, 2.05) is 0 Å². The maximum Gasteiger partial charge on any atom is 0.366 e. The molecule has 0 atom stereocenters. The van der Waals surface area contributed by atoms with Crippen molar-refractivity contribution < 1.29 is 9.32 Å². The Morgan fingerprint density at radius 1 is 1.25 bits per heavy atom. The predicted molar refractivity (Wildman–Crippen MR) is 57.5 cm³/mol. The van der Waals surface area contributed by atoms with Gasteiger partial charge in [0.25, 0.3) is 0 Å². The van der Waals surface area contributed by atoms with Crippen LogP contribution in [-0.4, -0.2) is 28.8 Å². The van der Waals surface area contributed by atoms with E-state index in [-0.39, 0.29) is 6.03 Å². The van der Waals surface area contributed by atoms with Gasteiger partial charge in [-0.25, -0.2) is 9.59 Å². The molecule has 3 rings (SSSR count). The number of hydrogen-bond acceptors (Lipinski definition) is 3. The molecule has 1 fully saturated rings. The summed E-state index contributed by atoms with van der Waals surface area (Å²) in [5.74, 6) is 0. The minimum absolute atomic E-state index is 0.260. The van der Waals surface area contributed by atoms with Gasteiger partial charge in [-0.1, -0.05) is 12.1 Å². The van der Waals surface area contributed by atoms with E-state index in [0.29, 0.717) is 10.9 Å². The van der Waals surface area contributed by atoms with Crippen LogP contribution in [0.3, 0.4) is 0 Å². The first-order valence-corrected chi connectivity index (χ1v) is 5.18. The molecule has 0 radical (unpaired) electrons. The fourth-order valence-electron chi connectivity index (χ4n) is 1.78. The van der Waals surface area contributed by atoms with Crippen LogP contribution in [-0.2, 0) is 0 Å². The Bertz CT molecular complexity index is 607. The SMILES string of the molecule is O=C(N1CCC1)n1oc(=O)c2ccccc21. The molecule has 82 valence electrons. The number of likely N-dealkylation sites (tertiary alicyclic amines) is 1. The van der Waals surface area contributed by atoms with Gasteiger partial charge in [-0.05, 0) is 18.6 Å². The summed E-state index contributed by atoms with van der Waals surface area (Å²) in [6, 6.07) is 6.62. The number of fused-ring (bicyclic) bond motifs is 1. The Kier molecular flexibility index (Phi) is 1.86. The van der Waals surface area contributed by atoms with E-state index in [2.05, 4.69) is 0 Å². The Morgan fingerprint density at radius 2 is 2.00 bits per heavy atom. The van der Waals surface area contributed by atoms with Crippen LogP contribution in [0.25, 0.3) is 10.9 Å². The molecule has 0 N–H and O–H groups in total. The third-order valence-electron chi connectivity index (χ3n) is 2.82. The van der Waals surface area contributed by atoms with E-state index in [9.17, 15) is 9.59 Å². The molecular weight excluding hydrogens is 208 g/mol. The van der Waals surface area contributed by atoms with Crippen molar-refractivity contribution in [3.05, 3.63) is 34.7 Å². The molecule has 1 saturated heterocycles. The molecule has 2 aromatic rings. The number of nitrogens with zero attached hydrogens (tertiary/aromatic N) is 2. The molecule has 0 unspecified atom stereocenters. The van der Waals surface area contributed by atoms with E-state index in [4.69, 9.17) is 4.52 Å². The quantitative estimate of drug-likeness (QED) is 0.669. The highest BCUT2D eigenvalue weighted by Crippen LogP contribution is 2.14. The summed E-state index contributed by atoms with van der Waals surface area (Å²) in [5, 5.41) is 0.441. The highest BCUT2D eigenvalue weighted by Gasteiger charge is 2.25. The molecule has 0 spiro atoms. The first-order valence-electron chi connectivity index (χ1n) is 5.18. The molecule has 5 nitrogen and oxygen atoms in total. The zero-order valence-electron chi connectivity index (χ0n) is 8.55. The van der Waals surface area contributed by atoms with Crippen LogP contribution in [0.2, 0.25) is 0 Å². The highest BCUT2D eigenvalue weighted by molar-refractivity contribution is 5.89. The lowest BCUT2D eigenvalue weighted by Crippen LogP contribution is -2.44. The van der Waals surface area contributed by atoms with Crippen LogP contribution in [0.1, 0.15) is 6.42 Å². The standard InChI is InChI=1S/C11H10N2O3/c14-10-8-4-1-2-5-9(8)13(16-10)11(15)12-6-3-7-12/h1-2,4-5H,3,6-7H2. The topological polar surface area (TPSA) is 55.5 Å². The number of para-hydroxylation sites is 1. The van der Waals surface area contributed by atoms with Gasteiger partial charge in [0.1, 0.15) is 5.52 Å². The molecule has 1 aliphatic heterocycles. The zero-order chi connectivity index (χ0) is 11.1. The molecule has 5 heteroatoms. The van der Waals surface area contributed by atoms with Crippen molar-refractivity contribution in [1.29, 1.82) is 0 Å². The lowest BCUT2D eigenvalue weighted by molar-refractivity contribution is 0.143. The summed E-state index contributed by atoms with van der Waals surface area (Å²) >= 11 is 0. The molecule has 1 aromatic carbocycles. The fourth-order valence-corrected chi connectivity index (χ4v) is 1.78. The van der Waals surface area contributed by atoms with Crippen LogP contribution in [0, 0.1) is 0 Å². The summed E-state index contributed by atoms with van der Waals surface area (Å²) in [6.07, 6.45) is 1.01. The molecule has 0 aliphatic carbocycles. The first kappa shape index (κ1) is 9.21. The van der Waals surface area contributed by atoms with Crippen LogP contribution >= 0.6 is 0 Å². The number of hydrogen-bond donors (Lipinski definition) is 0. The minimum atomic E-state index is -0.468. The number of carbonyl (C=O) groups excluding carboxylic acids is 1. The molecule has 0 saturated carbocycles. The van der Waals surface area contributed by atoms with Crippen LogP contribution in [0.5, 0.6) is 0 Å². The third kappa shape index (κ3) is 1.18. The van der Waals surface area contributed by atoms with Gasteiger partial charge >= 0.3 is 11.7 Å². The van der Waals surface area contributed by atoms with E-state index < -0.39 is 5.63 Å². The lowest BCUT2D eigenvalue weighted by Gasteiger charge is -2.29. The predicted octanol–water partition coefficient (Wildman–Crippen LogP) is 1.27. The summed E-state index contributed by atoms with van der Waals surface area (Å²) in [7, 11) is 0. The monoisotopic (exact) mass is 218 g/mol. The van der Waals surface area contributed by atoms with Crippen molar-refractivity contribution in [1.82, 2.24) is 9.64 Å². The first-order chi connectivity index (χ1) is 7.77. The Balaban J connectivity index is 2.16. The van der Waals surface area contributed by atoms with Crippen LogP contribution in [0.15, 0.2) is 33.6 Å². The molecule has 1 aliphatic rings. The molecule has 1 aromatic heterocycles. The van der Waals surface area contributed by atoms with Crippen molar-refractivity contribution in [2.24, 2.45) is 0 Å². The van der Waals surface area contributed by atoms with Gasteiger partial charge in [0, 0.05) is 13.1 Å². The van der Waals surface area contributed by atoms with E-state index >= 15 is 0 Å². The van der Waals surface area contributed by atoms with Crippen molar-refractivity contribution in [2.45, 2.75) is 6.42 Å². The maximum atomic E-state index is 11.9. The summed E-state index contributed by atoms with van der Waals surface area (Å²) < 4.78 is 6.03. The average Bonchev–Trinajstić information content (AvgIpc) is 2.55. The van der Waals surface area contributed by atoms with Crippen LogP contribution < -0.4 is 5.63 Å². The van der Waals surface area contributed by atoms with Gasteiger partial charge in [0.05, 0.1) is 5.39 Å². The van der Waals surface area contributed by atoms with Crippen molar-refractivity contribution in [3.8, 4) is 0 Å². The molecule has 16 heavy (non-hydrogen) atoms. The fraction of sp³-hybridized carbons (Fsp3) is 0.273. The Labute approximate surface area is 90.8 Å². The molecular formula is C11H10N2O3. The third-order valence-corrected chi connectivity index (χ3v) is 2.82. The van der Waals surface area contributed by atoms with Gasteiger partial charge in [0.2, 0.25) is 0 Å². The van der Waals surface area contributed by atoms with Crippen molar-refractivity contribution >= 4 is 16.9 Å². The van der Waals surface area contributed by atoms with E-state index in [1.54, 1.807) is 29.2 Å². The second-order valence-electron chi connectivity index (χ2n) is 3.81. The number of benzene rings is 1. The van der Waals surface area contributed by atoms with E-state index in [0.717, 1.165) is 24.3 Å². The minimum Gasteiger partial charge on any atom is -0.326 e. The molecule has 0 bridgehead atoms. The van der Waals surface area contributed by atoms with Gasteiger partial charge < -0.3 is 9.42 Å². The van der Waals surface area contributed by atoms with Gasteiger partial charge in [-0.3, -0.25) is 0 Å². The number of rotatable bonds is 0. The van der Waals surface area contributed by atoms with Crippen LogP contribution in [0.4, 0.5) is 4.79 Å². The number of carbonyl (C=O) groups is 1. The summed E-state index contributed by atoms with van der Waals surface area (Å²) in [4.78, 5) is 25.0.